The Morgan fingerprint density at radius 3 is 2.67 bits per heavy atom. The molecule has 1 heterocycles. The first-order valence-corrected chi connectivity index (χ1v) is 9.18. The van der Waals surface area contributed by atoms with Crippen LogP contribution >= 0.6 is 11.3 Å². The van der Waals surface area contributed by atoms with Crippen LogP contribution in [0.3, 0.4) is 0 Å². The Hall–Kier alpha value is -0.670. The lowest BCUT2D eigenvalue weighted by atomic mass is 10.1. The summed E-state index contributed by atoms with van der Waals surface area (Å²) in [4.78, 5) is 3.40. The number of rotatable bonds is 5. The summed E-state index contributed by atoms with van der Waals surface area (Å²) in [5, 5.41) is 1.01. The molecule has 1 aliphatic carbocycles. The topological polar surface area (TPSA) is 59.1 Å². The Kier molecular flexibility index (Phi) is 4.94. The van der Waals surface area contributed by atoms with E-state index in [2.05, 4.69) is 16.6 Å². The molecular weight excluding hydrogens is 325 g/mol. The van der Waals surface area contributed by atoms with Crippen molar-refractivity contribution in [2.45, 2.75) is 38.9 Å². The quantitative estimate of drug-likeness (QED) is 0.895. The summed E-state index contributed by atoms with van der Waals surface area (Å²) in [5.74, 6) is 0.715. The van der Waals surface area contributed by atoms with Crippen molar-refractivity contribution in [3.8, 4) is 0 Å². The maximum Gasteiger partial charge on any atom is 0.434 e. The second-order valence-corrected chi connectivity index (χ2v) is 8.31. The first-order chi connectivity index (χ1) is 9.66. The van der Waals surface area contributed by atoms with Crippen LogP contribution < -0.4 is 4.72 Å². The highest BCUT2D eigenvalue weighted by Crippen LogP contribution is 2.31. The van der Waals surface area contributed by atoms with Gasteiger partial charge in [-0.2, -0.15) is 13.2 Å². The van der Waals surface area contributed by atoms with Gasteiger partial charge in [-0.15, -0.1) is 11.3 Å². The fourth-order valence-electron chi connectivity index (χ4n) is 2.54. The molecule has 0 radical (unpaired) electrons. The second kappa shape index (κ2) is 6.21. The van der Waals surface area contributed by atoms with E-state index < -0.39 is 21.9 Å². The van der Waals surface area contributed by atoms with Crippen molar-refractivity contribution in [3.05, 3.63) is 16.1 Å². The van der Waals surface area contributed by atoms with Crippen molar-refractivity contribution in [2.24, 2.45) is 11.8 Å². The van der Waals surface area contributed by atoms with E-state index in [9.17, 15) is 21.6 Å². The van der Waals surface area contributed by atoms with Crippen LogP contribution in [-0.2, 0) is 22.7 Å². The number of alkyl halides is 3. The first kappa shape index (κ1) is 16.7. The fraction of sp³-hybridized carbons (Fsp3) is 0.750. The van der Waals surface area contributed by atoms with Gasteiger partial charge < -0.3 is 0 Å². The van der Waals surface area contributed by atoms with Gasteiger partial charge in [0.15, 0.2) is 5.69 Å². The Morgan fingerprint density at radius 2 is 2.14 bits per heavy atom. The van der Waals surface area contributed by atoms with Gasteiger partial charge in [0.05, 0.1) is 12.3 Å². The van der Waals surface area contributed by atoms with E-state index in [-0.39, 0.29) is 23.2 Å². The molecule has 1 N–H and O–H groups in total. The van der Waals surface area contributed by atoms with Gasteiger partial charge in [0, 0.05) is 5.38 Å². The van der Waals surface area contributed by atoms with Crippen molar-refractivity contribution in [1.82, 2.24) is 9.71 Å². The normalized spacial score (nSPS) is 23.6. The van der Waals surface area contributed by atoms with E-state index in [1.807, 2.05) is 0 Å². The molecule has 0 spiro atoms. The molecule has 1 aromatic rings. The number of hydrogen-bond acceptors (Lipinski definition) is 4. The van der Waals surface area contributed by atoms with E-state index in [0.29, 0.717) is 5.92 Å². The number of aromatic nitrogens is 1. The van der Waals surface area contributed by atoms with Crippen molar-refractivity contribution >= 4 is 21.4 Å². The SMILES string of the molecule is CC1CCC(CS(=O)(=O)NCc2nc(C(F)(F)F)cs2)C1. The van der Waals surface area contributed by atoms with Crippen LogP contribution in [0.5, 0.6) is 0 Å². The third-order valence-corrected chi connectivity index (χ3v) is 5.89. The van der Waals surface area contributed by atoms with Gasteiger partial charge in [-0.25, -0.2) is 18.1 Å². The maximum atomic E-state index is 12.4. The summed E-state index contributed by atoms with van der Waals surface area (Å²) in [6, 6.07) is 0. The van der Waals surface area contributed by atoms with Gasteiger partial charge in [-0.3, -0.25) is 0 Å². The van der Waals surface area contributed by atoms with E-state index in [1.54, 1.807) is 0 Å². The van der Waals surface area contributed by atoms with Crippen LogP contribution in [0, 0.1) is 11.8 Å². The molecule has 1 aromatic heterocycles. The molecule has 2 unspecified atom stereocenters. The minimum atomic E-state index is -4.49. The van der Waals surface area contributed by atoms with Crippen LogP contribution in [0.15, 0.2) is 5.38 Å². The standard InChI is InChI=1S/C12H17F3N2O2S2/c1-8-2-3-9(4-8)7-21(18,19)16-5-11-17-10(6-20-11)12(13,14)15/h6,8-9,16H,2-5,7H2,1H3. The smallest absolute Gasteiger partial charge is 0.235 e. The Balaban J connectivity index is 1.88. The average molecular weight is 342 g/mol. The molecule has 9 heteroatoms. The van der Waals surface area contributed by atoms with Crippen molar-refractivity contribution < 1.29 is 21.6 Å². The maximum absolute atomic E-state index is 12.4. The lowest BCUT2D eigenvalue weighted by Crippen LogP contribution is -2.29. The van der Waals surface area contributed by atoms with E-state index in [4.69, 9.17) is 0 Å². The predicted molar refractivity (Wildman–Crippen MR) is 74.2 cm³/mol. The zero-order chi connectivity index (χ0) is 15.7. The van der Waals surface area contributed by atoms with Gasteiger partial charge in [-0.1, -0.05) is 13.3 Å². The summed E-state index contributed by atoms with van der Waals surface area (Å²) < 4.78 is 63.3. The zero-order valence-electron chi connectivity index (χ0n) is 11.5. The lowest BCUT2D eigenvalue weighted by Gasteiger charge is -2.10. The summed E-state index contributed by atoms with van der Waals surface area (Å²) >= 11 is 0.802. The number of nitrogens with zero attached hydrogens (tertiary/aromatic N) is 1. The third-order valence-electron chi connectivity index (χ3n) is 3.54. The lowest BCUT2D eigenvalue weighted by molar-refractivity contribution is -0.140. The predicted octanol–water partition coefficient (Wildman–Crippen LogP) is 3.02. The number of thiazole rings is 1. The van der Waals surface area contributed by atoms with Gasteiger partial charge in [-0.05, 0) is 24.7 Å². The van der Waals surface area contributed by atoms with Crippen LogP contribution in [-0.4, -0.2) is 19.2 Å². The van der Waals surface area contributed by atoms with Gasteiger partial charge in [0.2, 0.25) is 10.0 Å². The highest BCUT2D eigenvalue weighted by atomic mass is 32.2. The number of hydrogen-bond donors (Lipinski definition) is 1. The Bertz CT molecular complexity index is 584. The minimum absolute atomic E-state index is 0.0366. The molecule has 4 nitrogen and oxygen atoms in total. The molecule has 0 aromatic carbocycles. The minimum Gasteiger partial charge on any atom is -0.235 e. The molecular formula is C12H17F3N2O2S2. The number of nitrogens with one attached hydrogen (secondary N) is 1. The molecule has 1 fully saturated rings. The monoisotopic (exact) mass is 342 g/mol. The van der Waals surface area contributed by atoms with E-state index in [0.717, 1.165) is 36.0 Å². The first-order valence-electron chi connectivity index (χ1n) is 6.64. The molecule has 2 rings (SSSR count). The van der Waals surface area contributed by atoms with Crippen LogP contribution in [0.2, 0.25) is 0 Å². The van der Waals surface area contributed by atoms with E-state index >= 15 is 0 Å². The molecule has 0 saturated heterocycles. The van der Waals surface area contributed by atoms with Crippen LogP contribution in [0.25, 0.3) is 0 Å². The number of sulfonamides is 1. The van der Waals surface area contributed by atoms with Crippen LogP contribution in [0.4, 0.5) is 13.2 Å². The summed E-state index contributed by atoms with van der Waals surface area (Å²) in [6.45, 7) is 1.90. The molecule has 0 bridgehead atoms. The highest BCUT2D eigenvalue weighted by molar-refractivity contribution is 7.89. The summed E-state index contributed by atoms with van der Waals surface area (Å²) in [6.07, 6.45) is -1.69. The molecule has 1 aliphatic rings. The zero-order valence-corrected chi connectivity index (χ0v) is 13.1. The molecule has 1 saturated carbocycles. The molecule has 2 atom stereocenters. The molecule has 0 aliphatic heterocycles. The largest absolute Gasteiger partial charge is 0.434 e. The van der Waals surface area contributed by atoms with Crippen molar-refractivity contribution in [3.63, 3.8) is 0 Å². The number of halogens is 3. The van der Waals surface area contributed by atoms with Gasteiger partial charge >= 0.3 is 6.18 Å². The second-order valence-electron chi connectivity index (χ2n) is 5.51. The van der Waals surface area contributed by atoms with Crippen LogP contribution in [0.1, 0.15) is 36.9 Å². The molecule has 0 amide bonds. The third kappa shape index (κ3) is 4.93. The fourth-order valence-corrected chi connectivity index (χ4v) is 4.77. The van der Waals surface area contributed by atoms with Gasteiger partial charge in [0.25, 0.3) is 0 Å². The van der Waals surface area contributed by atoms with E-state index in [1.165, 1.54) is 0 Å². The Morgan fingerprint density at radius 1 is 1.43 bits per heavy atom. The Labute approximate surface area is 125 Å². The summed E-state index contributed by atoms with van der Waals surface area (Å²) in [7, 11) is -3.48. The average Bonchev–Trinajstić information content (AvgIpc) is 2.95. The van der Waals surface area contributed by atoms with Gasteiger partial charge in [0.1, 0.15) is 5.01 Å². The molecule has 120 valence electrons. The van der Waals surface area contributed by atoms with Crippen molar-refractivity contribution in [1.29, 1.82) is 0 Å². The summed E-state index contributed by atoms with van der Waals surface area (Å²) in [5.41, 5.74) is -0.980. The molecule has 21 heavy (non-hydrogen) atoms. The highest BCUT2D eigenvalue weighted by Gasteiger charge is 2.33. The van der Waals surface area contributed by atoms with Crippen molar-refractivity contribution in [2.75, 3.05) is 5.75 Å².